The van der Waals surface area contributed by atoms with Crippen molar-refractivity contribution in [1.82, 2.24) is 9.88 Å². The monoisotopic (exact) mass is 318 g/mol. The van der Waals surface area contributed by atoms with Gasteiger partial charge in [0.1, 0.15) is 5.60 Å². The minimum atomic E-state index is -0.516. The number of esters is 1. The molecule has 1 atom stereocenters. The zero-order valence-corrected chi connectivity index (χ0v) is 14.5. The third-order valence-electron chi connectivity index (χ3n) is 3.99. The number of nitrogens with zero attached hydrogens (tertiary/aromatic N) is 2. The summed E-state index contributed by atoms with van der Waals surface area (Å²) in [6.07, 6.45) is 5.04. The molecule has 1 aromatic rings. The molecule has 0 bridgehead atoms. The quantitative estimate of drug-likeness (QED) is 0.801. The Morgan fingerprint density at radius 3 is 2.78 bits per heavy atom. The summed E-state index contributed by atoms with van der Waals surface area (Å²) >= 11 is 0. The van der Waals surface area contributed by atoms with Gasteiger partial charge < -0.3 is 9.64 Å². The lowest BCUT2D eigenvalue weighted by molar-refractivity contribution is -0.156. The van der Waals surface area contributed by atoms with Gasteiger partial charge in [-0.2, -0.15) is 0 Å². The highest BCUT2D eigenvalue weighted by Crippen LogP contribution is 2.32. The lowest BCUT2D eigenvalue weighted by Crippen LogP contribution is -2.34. The van der Waals surface area contributed by atoms with Crippen LogP contribution in [0.15, 0.2) is 18.3 Å². The summed E-state index contributed by atoms with van der Waals surface area (Å²) in [5.41, 5.74) is 1.69. The average Bonchev–Trinajstić information content (AvgIpc) is 2.49. The number of hydrogen-bond donors (Lipinski definition) is 0. The maximum Gasteiger partial charge on any atom is 0.306 e. The van der Waals surface area contributed by atoms with Gasteiger partial charge in [0.15, 0.2) is 0 Å². The van der Waals surface area contributed by atoms with Crippen LogP contribution in [0.2, 0.25) is 0 Å². The van der Waals surface area contributed by atoms with E-state index in [0.29, 0.717) is 0 Å². The van der Waals surface area contributed by atoms with Gasteiger partial charge in [-0.1, -0.05) is 6.07 Å². The van der Waals surface area contributed by atoms with Crippen molar-refractivity contribution < 1.29 is 14.3 Å². The number of fused-ring (bicyclic) bond motifs is 1. The number of rotatable bonds is 4. The molecule has 1 aliphatic rings. The fraction of sp³-hybridized carbons (Fsp3) is 0.611. The molecular weight excluding hydrogens is 292 g/mol. The first-order valence-electron chi connectivity index (χ1n) is 8.19. The van der Waals surface area contributed by atoms with Crippen molar-refractivity contribution in [2.75, 3.05) is 7.05 Å². The molecule has 0 N–H and O–H groups in total. The van der Waals surface area contributed by atoms with Crippen LogP contribution < -0.4 is 0 Å². The normalized spacial score (nSPS) is 17.3. The molecule has 1 heterocycles. The van der Waals surface area contributed by atoms with E-state index in [2.05, 4.69) is 11.1 Å². The fourth-order valence-electron chi connectivity index (χ4n) is 2.91. The Morgan fingerprint density at radius 1 is 1.35 bits per heavy atom. The van der Waals surface area contributed by atoms with E-state index in [9.17, 15) is 9.59 Å². The molecule has 0 aliphatic heterocycles. The van der Waals surface area contributed by atoms with Crippen LogP contribution in [0.5, 0.6) is 0 Å². The number of aromatic nitrogens is 1. The molecule has 1 unspecified atom stereocenters. The predicted molar refractivity (Wildman–Crippen MR) is 87.8 cm³/mol. The van der Waals surface area contributed by atoms with Crippen molar-refractivity contribution in [2.24, 2.45) is 0 Å². The largest absolute Gasteiger partial charge is 0.460 e. The molecule has 5 nitrogen and oxygen atoms in total. The molecule has 23 heavy (non-hydrogen) atoms. The maximum atomic E-state index is 12.4. The van der Waals surface area contributed by atoms with Crippen molar-refractivity contribution in [3.8, 4) is 0 Å². The van der Waals surface area contributed by atoms with Crippen LogP contribution >= 0.6 is 0 Å². The number of pyridine rings is 1. The molecule has 126 valence electrons. The van der Waals surface area contributed by atoms with Gasteiger partial charge >= 0.3 is 5.97 Å². The third-order valence-corrected chi connectivity index (χ3v) is 3.99. The van der Waals surface area contributed by atoms with Crippen molar-refractivity contribution in [3.63, 3.8) is 0 Å². The van der Waals surface area contributed by atoms with Crippen molar-refractivity contribution in [3.05, 3.63) is 29.6 Å². The van der Waals surface area contributed by atoms with Gasteiger partial charge in [0.05, 0.1) is 18.2 Å². The van der Waals surface area contributed by atoms with Crippen LogP contribution in [0.4, 0.5) is 0 Å². The van der Waals surface area contributed by atoms with Crippen molar-refractivity contribution >= 4 is 11.9 Å². The molecule has 0 saturated carbocycles. The van der Waals surface area contributed by atoms with Crippen LogP contribution in [-0.4, -0.2) is 34.4 Å². The fourth-order valence-corrected chi connectivity index (χ4v) is 2.91. The molecule has 2 rings (SSSR count). The first kappa shape index (κ1) is 17.4. The number of ether oxygens (including phenoxy) is 1. The Hall–Kier alpha value is -1.91. The molecule has 0 fully saturated rings. The zero-order valence-electron chi connectivity index (χ0n) is 14.5. The van der Waals surface area contributed by atoms with E-state index >= 15 is 0 Å². The van der Waals surface area contributed by atoms with E-state index in [1.807, 2.05) is 26.8 Å². The first-order chi connectivity index (χ1) is 10.8. The number of carbonyl (C=O) groups is 2. The van der Waals surface area contributed by atoms with Crippen molar-refractivity contribution in [2.45, 2.75) is 64.5 Å². The third kappa shape index (κ3) is 4.78. The topological polar surface area (TPSA) is 59.5 Å². The SMILES string of the molecule is CN(C(=O)CCC(=O)OC(C)(C)C)C1CCCc2cccnc21. The molecule has 0 aromatic carbocycles. The van der Waals surface area contributed by atoms with Gasteiger partial charge in [0, 0.05) is 19.7 Å². The Labute approximate surface area is 138 Å². The summed E-state index contributed by atoms with van der Waals surface area (Å²) in [7, 11) is 1.80. The highest BCUT2D eigenvalue weighted by atomic mass is 16.6. The summed E-state index contributed by atoms with van der Waals surface area (Å²) < 4.78 is 5.25. The average molecular weight is 318 g/mol. The summed E-state index contributed by atoms with van der Waals surface area (Å²) in [4.78, 5) is 30.4. The zero-order chi connectivity index (χ0) is 17.0. The maximum absolute atomic E-state index is 12.4. The Balaban J connectivity index is 1.95. The second-order valence-electron chi connectivity index (χ2n) is 7.05. The van der Waals surface area contributed by atoms with Gasteiger partial charge in [-0.25, -0.2) is 0 Å². The highest BCUT2D eigenvalue weighted by Gasteiger charge is 2.28. The smallest absolute Gasteiger partial charge is 0.306 e. The van der Waals surface area contributed by atoms with Crippen LogP contribution in [0.3, 0.4) is 0 Å². The van der Waals surface area contributed by atoms with Crippen LogP contribution in [-0.2, 0) is 20.7 Å². The van der Waals surface area contributed by atoms with Crippen LogP contribution in [0.1, 0.15) is 63.8 Å². The first-order valence-corrected chi connectivity index (χ1v) is 8.19. The molecule has 5 heteroatoms. The molecule has 1 aliphatic carbocycles. The van der Waals surface area contributed by atoms with Gasteiger partial charge in [0.2, 0.25) is 5.91 Å². The molecule has 0 radical (unpaired) electrons. The Kier molecular flexibility index (Phi) is 5.39. The van der Waals surface area contributed by atoms with E-state index < -0.39 is 5.60 Å². The van der Waals surface area contributed by atoms with E-state index in [4.69, 9.17) is 4.74 Å². The Bertz CT molecular complexity index is 578. The highest BCUT2D eigenvalue weighted by molar-refractivity contribution is 5.81. The summed E-state index contributed by atoms with van der Waals surface area (Å²) in [5.74, 6) is -0.374. The van der Waals surface area contributed by atoms with E-state index in [1.165, 1.54) is 5.56 Å². The second-order valence-corrected chi connectivity index (χ2v) is 7.05. The minimum Gasteiger partial charge on any atom is -0.460 e. The molecule has 1 amide bonds. The van der Waals surface area contributed by atoms with Gasteiger partial charge in [-0.05, 0) is 51.7 Å². The Morgan fingerprint density at radius 2 is 2.09 bits per heavy atom. The van der Waals surface area contributed by atoms with Crippen LogP contribution in [0, 0.1) is 0 Å². The van der Waals surface area contributed by atoms with Crippen LogP contribution in [0.25, 0.3) is 0 Å². The van der Waals surface area contributed by atoms with E-state index in [-0.39, 0.29) is 30.8 Å². The number of carbonyl (C=O) groups excluding carboxylic acids is 2. The molecule has 0 saturated heterocycles. The standard InChI is InChI=1S/C18H26N2O3/c1-18(2,3)23-16(22)11-10-15(21)20(4)14-9-5-7-13-8-6-12-19-17(13)14/h6,8,12,14H,5,7,9-11H2,1-4H3. The summed E-state index contributed by atoms with van der Waals surface area (Å²) in [6.45, 7) is 5.47. The summed E-state index contributed by atoms with van der Waals surface area (Å²) in [5, 5.41) is 0. The predicted octanol–water partition coefficient (Wildman–Crippen LogP) is 3.04. The number of hydrogen-bond acceptors (Lipinski definition) is 4. The molecular formula is C18H26N2O3. The van der Waals surface area contributed by atoms with Gasteiger partial charge in [-0.15, -0.1) is 0 Å². The molecule has 0 spiro atoms. The number of amides is 1. The van der Waals surface area contributed by atoms with E-state index in [1.54, 1.807) is 18.1 Å². The van der Waals surface area contributed by atoms with Gasteiger partial charge in [0.25, 0.3) is 0 Å². The number of aryl methyl sites for hydroxylation is 1. The lowest BCUT2D eigenvalue weighted by atomic mass is 9.91. The van der Waals surface area contributed by atoms with E-state index in [0.717, 1.165) is 25.0 Å². The van der Waals surface area contributed by atoms with Gasteiger partial charge in [-0.3, -0.25) is 14.6 Å². The molecule has 1 aromatic heterocycles. The minimum absolute atomic E-state index is 0.00564. The summed E-state index contributed by atoms with van der Waals surface area (Å²) in [6, 6.07) is 4.02. The van der Waals surface area contributed by atoms with Crippen molar-refractivity contribution in [1.29, 1.82) is 0 Å². The lowest BCUT2D eigenvalue weighted by Gasteiger charge is -2.32. The second kappa shape index (κ2) is 7.11.